The van der Waals surface area contributed by atoms with E-state index in [1.807, 2.05) is 30.3 Å². The first kappa shape index (κ1) is 17.3. The average Bonchev–Trinajstić information content (AvgIpc) is 3.01. The molecule has 2 aromatic carbocycles. The lowest BCUT2D eigenvalue weighted by Gasteiger charge is -2.16. The maximum absolute atomic E-state index is 12.1. The zero-order valence-electron chi connectivity index (χ0n) is 13.9. The zero-order chi connectivity index (χ0) is 18.5. The lowest BCUT2D eigenvalue weighted by molar-refractivity contribution is -0.384. The number of anilines is 1. The number of hydrogen-bond donors (Lipinski definition) is 1. The molecular weight excluding hydrogens is 334 g/mol. The molecule has 1 aliphatic rings. The van der Waals surface area contributed by atoms with E-state index < -0.39 is 4.92 Å². The molecule has 2 aromatic rings. The van der Waals surface area contributed by atoms with Crippen molar-refractivity contribution in [1.29, 1.82) is 0 Å². The summed E-state index contributed by atoms with van der Waals surface area (Å²) in [6, 6.07) is 15.0. The second kappa shape index (κ2) is 7.60. The zero-order valence-corrected chi connectivity index (χ0v) is 13.9. The Morgan fingerprint density at radius 3 is 2.50 bits per heavy atom. The fourth-order valence-electron chi connectivity index (χ4n) is 2.79. The van der Waals surface area contributed by atoms with Crippen LogP contribution >= 0.6 is 0 Å². The lowest BCUT2D eigenvalue weighted by atomic mass is 10.2. The summed E-state index contributed by atoms with van der Waals surface area (Å²) in [6.07, 6.45) is 3.19. The molecule has 0 aliphatic carbocycles. The number of benzene rings is 2. The molecule has 1 unspecified atom stereocenters. The number of rotatable bonds is 5. The fraction of sp³-hybridized carbons (Fsp3) is 0.158. The SMILES string of the molecule is O=C(/C=C/c1ccc([N+](=O)[O-])cc1)NC1CC(=O)N(c2ccccc2)C1. The van der Waals surface area contributed by atoms with Gasteiger partial charge in [-0.25, -0.2) is 0 Å². The molecule has 0 radical (unpaired) electrons. The van der Waals surface area contributed by atoms with Gasteiger partial charge in [-0.3, -0.25) is 19.7 Å². The molecule has 1 fully saturated rings. The molecule has 1 heterocycles. The van der Waals surface area contributed by atoms with E-state index >= 15 is 0 Å². The molecule has 0 bridgehead atoms. The first-order chi connectivity index (χ1) is 12.5. The third kappa shape index (κ3) is 4.13. The minimum atomic E-state index is -0.476. The molecule has 1 saturated heterocycles. The predicted octanol–water partition coefficient (Wildman–Crippen LogP) is 2.53. The Morgan fingerprint density at radius 2 is 1.85 bits per heavy atom. The summed E-state index contributed by atoms with van der Waals surface area (Å²) < 4.78 is 0. The van der Waals surface area contributed by atoms with Crippen LogP contribution in [0.3, 0.4) is 0 Å². The largest absolute Gasteiger partial charge is 0.347 e. The number of amides is 2. The molecule has 7 nitrogen and oxygen atoms in total. The first-order valence-corrected chi connectivity index (χ1v) is 8.11. The number of nitrogens with one attached hydrogen (secondary N) is 1. The summed E-state index contributed by atoms with van der Waals surface area (Å²) in [6.45, 7) is 0.431. The number of nitro groups is 1. The summed E-state index contributed by atoms with van der Waals surface area (Å²) in [4.78, 5) is 36.0. The Morgan fingerprint density at radius 1 is 1.15 bits per heavy atom. The van der Waals surface area contributed by atoms with E-state index in [1.54, 1.807) is 23.1 Å². The summed E-state index contributed by atoms with van der Waals surface area (Å²) >= 11 is 0. The number of nitro benzene ring substituents is 1. The maximum Gasteiger partial charge on any atom is 0.269 e. The van der Waals surface area contributed by atoms with Gasteiger partial charge in [-0.05, 0) is 35.9 Å². The van der Waals surface area contributed by atoms with E-state index in [1.165, 1.54) is 18.2 Å². The Labute approximate surface area is 150 Å². The fourth-order valence-corrected chi connectivity index (χ4v) is 2.79. The van der Waals surface area contributed by atoms with Crippen LogP contribution in [0.4, 0.5) is 11.4 Å². The molecule has 3 rings (SSSR count). The summed E-state index contributed by atoms with van der Waals surface area (Å²) in [5.74, 6) is -0.336. The van der Waals surface area contributed by atoms with Crippen LogP contribution in [0.5, 0.6) is 0 Å². The van der Waals surface area contributed by atoms with Crippen LogP contribution in [0.2, 0.25) is 0 Å². The smallest absolute Gasteiger partial charge is 0.269 e. The van der Waals surface area contributed by atoms with Crippen LogP contribution in [0.1, 0.15) is 12.0 Å². The third-order valence-electron chi connectivity index (χ3n) is 4.07. The molecule has 132 valence electrons. The number of carbonyl (C=O) groups is 2. The molecule has 26 heavy (non-hydrogen) atoms. The highest BCUT2D eigenvalue weighted by molar-refractivity contribution is 5.98. The van der Waals surface area contributed by atoms with Gasteiger partial charge in [-0.15, -0.1) is 0 Å². The molecule has 7 heteroatoms. The van der Waals surface area contributed by atoms with Gasteiger partial charge in [0, 0.05) is 36.9 Å². The minimum Gasteiger partial charge on any atom is -0.347 e. The van der Waals surface area contributed by atoms with Crippen molar-refractivity contribution in [3.05, 3.63) is 76.4 Å². The van der Waals surface area contributed by atoms with Crippen molar-refractivity contribution in [2.75, 3.05) is 11.4 Å². The van der Waals surface area contributed by atoms with Crippen molar-refractivity contribution in [2.24, 2.45) is 0 Å². The van der Waals surface area contributed by atoms with Gasteiger partial charge < -0.3 is 10.2 Å². The van der Waals surface area contributed by atoms with Crippen molar-refractivity contribution < 1.29 is 14.5 Å². The van der Waals surface area contributed by atoms with Crippen LogP contribution < -0.4 is 10.2 Å². The third-order valence-corrected chi connectivity index (χ3v) is 4.07. The number of carbonyl (C=O) groups excluding carboxylic acids is 2. The minimum absolute atomic E-state index is 0.00271. The second-order valence-electron chi connectivity index (χ2n) is 5.93. The van der Waals surface area contributed by atoms with E-state index in [-0.39, 0.29) is 30.0 Å². The lowest BCUT2D eigenvalue weighted by Crippen LogP contribution is -2.36. The maximum atomic E-state index is 12.1. The van der Waals surface area contributed by atoms with Gasteiger partial charge in [0.2, 0.25) is 11.8 Å². The highest BCUT2D eigenvalue weighted by Gasteiger charge is 2.31. The number of hydrogen-bond acceptors (Lipinski definition) is 4. The van der Waals surface area contributed by atoms with Gasteiger partial charge in [0.05, 0.1) is 11.0 Å². The van der Waals surface area contributed by atoms with E-state index in [9.17, 15) is 19.7 Å². The van der Waals surface area contributed by atoms with E-state index in [2.05, 4.69) is 5.32 Å². The highest BCUT2D eigenvalue weighted by Crippen LogP contribution is 2.21. The monoisotopic (exact) mass is 351 g/mol. The summed E-state index contributed by atoms with van der Waals surface area (Å²) in [5, 5.41) is 13.4. The van der Waals surface area contributed by atoms with Gasteiger partial charge in [0.25, 0.3) is 5.69 Å². The normalized spacial score (nSPS) is 16.8. The van der Waals surface area contributed by atoms with E-state index in [0.29, 0.717) is 12.1 Å². The van der Waals surface area contributed by atoms with Crippen LogP contribution in [-0.2, 0) is 9.59 Å². The average molecular weight is 351 g/mol. The molecule has 1 atom stereocenters. The second-order valence-corrected chi connectivity index (χ2v) is 5.93. The molecule has 1 N–H and O–H groups in total. The van der Waals surface area contributed by atoms with Gasteiger partial charge >= 0.3 is 0 Å². The van der Waals surface area contributed by atoms with Crippen molar-refractivity contribution in [3.8, 4) is 0 Å². The Kier molecular flexibility index (Phi) is 5.07. The summed E-state index contributed by atoms with van der Waals surface area (Å²) in [5.41, 5.74) is 1.49. The van der Waals surface area contributed by atoms with Crippen molar-refractivity contribution in [1.82, 2.24) is 5.32 Å². The highest BCUT2D eigenvalue weighted by atomic mass is 16.6. The Balaban J connectivity index is 1.57. The topological polar surface area (TPSA) is 92.5 Å². The van der Waals surface area contributed by atoms with Crippen LogP contribution in [0.15, 0.2) is 60.7 Å². The standard InChI is InChI=1S/C19H17N3O4/c23-18(11-8-14-6-9-17(10-7-14)22(25)26)20-15-12-19(24)21(13-15)16-4-2-1-3-5-16/h1-11,15H,12-13H2,(H,20,23)/b11-8+. The van der Waals surface area contributed by atoms with E-state index in [4.69, 9.17) is 0 Å². The van der Waals surface area contributed by atoms with E-state index in [0.717, 1.165) is 5.69 Å². The summed E-state index contributed by atoms with van der Waals surface area (Å²) in [7, 11) is 0. The quantitative estimate of drug-likeness (QED) is 0.509. The predicted molar refractivity (Wildman–Crippen MR) is 97.5 cm³/mol. The number of non-ortho nitro benzene ring substituents is 1. The Bertz CT molecular complexity index is 847. The Hall–Kier alpha value is -3.48. The number of nitrogens with zero attached hydrogens (tertiary/aromatic N) is 2. The first-order valence-electron chi connectivity index (χ1n) is 8.11. The molecule has 1 aliphatic heterocycles. The van der Waals surface area contributed by atoms with Crippen molar-refractivity contribution >= 4 is 29.3 Å². The molecule has 0 saturated carbocycles. The molecular formula is C19H17N3O4. The van der Waals surface area contributed by atoms with Crippen molar-refractivity contribution in [2.45, 2.75) is 12.5 Å². The molecule has 2 amide bonds. The van der Waals surface area contributed by atoms with Gasteiger partial charge in [0.15, 0.2) is 0 Å². The van der Waals surface area contributed by atoms with Crippen molar-refractivity contribution in [3.63, 3.8) is 0 Å². The van der Waals surface area contributed by atoms with Gasteiger partial charge in [-0.2, -0.15) is 0 Å². The van der Waals surface area contributed by atoms with Crippen LogP contribution in [0, 0.1) is 10.1 Å². The molecule has 0 aromatic heterocycles. The van der Waals surface area contributed by atoms with Crippen LogP contribution in [-0.4, -0.2) is 29.3 Å². The number of para-hydroxylation sites is 1. The molecule has 0 spiro atoms. The van der Waals surface area contributed by atoms with Gasteiger partial charge in [-0.1, -0.05) is 18.2 Å². The van der Waals surface area contributed by atoms with Gasteiger partial charge in [0.1, 0.15) is 0 Å². The van der Waals surface area contributed by atoms with Crippen LogP contribution in [0.25, 0.3) is 6.08 Å².